The number of benzene rings is 1. The third-order valence-corrected chi connectivity index (χ3v) is 6.73. The molecule has 0 saturated heterocycles. The maximum atomic E-state index is 13.5. The van der Waals surface area contributed by atoms with Gasteiger partial charge in [0.2, 0.25) is 0 Å². The van der Waals surface area contributed by atoms with Crippen molar-refractivity contribution in [3.8, 4) is 11.3 Å². The van der Waals surface area contributed by atoms with Gasteiger partial charge in [-0.25, -0.2) is 4.79 Å². The molecule has 0 saturated carbocycles. The lowest BCUT2D eigenvalue weighted by Crippen LogP contribution is -2.40. The van der Waals surface area contributed by atoms with Crippen LogP contribution in [-0.2, 0) is 24.4 Å². The van der Waals surface area contributed by atoms with E-state index in [-0.39, 0.29) is 11.2 Å². The van der Waals surface area contributed by atoms with Gasteiger partial charge >= 0.3 is 5.69 Å². The van der Waals surface area contributed by atoms with E-state index in [4.69, 9.17) is 9.15 Å². The van der Waals surface area contributed by atoms with Crippen LogP contribution in [-0.4, -0.2) is 20.3 Å². The smallest absolute Gasteiger partial charge is 0.331 e. The molecular weight excluding hydrogens is 474 g/mol. The summed E-state index contributed by atoms with van der Waals surface area (Å²) in [6.07, 6.45) is -0.541. The minimum absolute atomic E-state index is 0.326. The van der Waals surface area contributed by atoms with Crippen LogP contribution in [0.4, 0.5) is 0 Å². The largest absolute Gasteiger partial charge is 0.463 e. The summed E-state index contributed by atoms with van der Waals surface area (Å²) >= 11 is 3.50. The van der Waals surface area contributed by atoms with E-state index in [2.05, 4.69) is 34.3 Å². The van der Waals surface area contributed by atoms with Crippen LogP contribution in [0.3, 0.4) is 0 Å². The van der Waals surface area contributed by atoms with Gasteiger partial charge in [-0.3, -0.25) is 13.9 Å². The minimum Gasteiger partial charge on any atom is -0.463 e. The molecule has 1 aromatic carbocycles. The first-order chi connectivity index (χ1) is 15.1. The molecule has 7 nitrogen and oxygen atoms in total. The summed E-state index contributed by atoms with van der Waals surface area (Å²) in [5.41, 5.74) is 1.83. The van der Waals surface area contributed by atoms with Crippen LogP contribution in [0.1, 0.15) is 37.2 Å². The molecule has 4 aromatic rings. The van der Waals surface area contributed by atoms with Crippen LogP contribution in [0.15, 0.2) is 54.9 Å². The van der Waals surface area contributed by atoms with Gasteiger partial charge in [0, 0.05) is 18.6 Å². The van der Waals surface area contributed by atoms with Gasteiger partial charge in [-0.1, -0.05) is 28.1 Å². The Hall–Kier alpha value is -2.84. The third-order valence-electron chi connectivity index (χ3n) is 6.20. The first-order valence-electron chi connectivity index (χ1n) is 10.4. The van der Waals surface area contributed by atoms with Crippen molar-refractivity contribution in [2.24, 2.45) is 14.1 Å². The van der Waals surface area contributed by atoms with Crippen molar-refractivity contribution < 1.29 is 9.15 Å². The van der Waals surface area contributed by atoms with Gasteiger partial charge in [0.05, 0.1) is 34.4 Å². The van der Waals surface area contributed by atoms with Gasteiger partial charge in [0.15, 0.2) is 6.10 Å². The van der Waals surface area contributed by atoms with Gasteiger partial charge in [0.1, 0.15) is 11.5 Å². The van der Waals surface area contributed by atoms with Crippen LogP contribution in [0.25, 0.3) is 22.2 Å². The highest BCUT2D eigenvalue weighted by atomic mass is 79.9. The van der Waals surface area contributed by atoms with E-state index >= 15 is 0 Å². The average Bonchev–Trinajstić information content (AvgIpc) is 3.34. The quantitative estimate of drug-likeness (QED) is 0.415. The van der Waals surface area contributed by atoms with E-state index in [0.29, 0.717) is 23.3 Å². The number of aryl methyl sites for hydroxylation is 2. The van der Waals surface area contributed by atoms with Crippen molar-refractivity contribution in [2.75, 3.05) is 6.61 Å². The Balaban J connectivity index is 2.02. The summed E-state index contributed by atoms with van der Waals surface area (Å²) in [6, 6.07) is 11.6. The fourth-order valence-corrected chi connectivity index (χ4v) is 4.95. The van der Waals surface area contributed by atoms with Crippen molar-refractivity contribution >= 4 is 26.8 Å². The van der Waals surface area contributed by atoms with Gasteiger partial charge in [-0.05, 0) is 50.6 Å². The van der Waals surface area contributed by atoms with Crippen molar-refractivity contribution in [3.63, 3.8) is 0 Å². The lowest BCUT2D eigenvalue weighted by atomic mass is 10.0. The maximum Gasteiger partial charge on any atom is 0.331 e. The Bertz CT molecular complexity index is 1480. The predicted octanol–water partition coefficient (Wildman–Crippen LogP) is 4.22. The molecule has 1 aliphatic heterocycles. The highest BCUT2D eigenvalue weighted by Gasteiger charge is 2.41. The van der Waals surface area contributed by atoms with E-state index in [1.54, 1.807) is 11.6 Å². The number of hydrogen-bond donors (Lipinski definition) is 0. The molecular formula is C24H24BrN3O4. The van der Waals surface area contributed by atoms with Gasteiger partial charge < -0.3 is 13.7 Å². The lowest BCUT2D eigenvalue weighted by molar-refractivity contribution is -0.0166. The molecule has 3 aromatic heterocycles. The van der Waals surface area contributed by atoms with E-state index < -0.39 is 11.6 Å². The Morgan fingerprint density at radius 1 is 1.03 bits per heavy atom. The van der Waals surface area contributed by atoms with E-state index in [1.165, 1.54) is 7.05 Å². The molecule has 1 aliphatic rings. The first-order valence-corrected chi connectivity index (χ1v) is 11.2. The van der Waals surface area contributed by atoms with E-state index in [0.717, 1.165) is 31.8 Å². The average molecular weight is 498 g/mol. The van der Waals surface area contributed by atoms with Crippen molar-refractivity contribution in [1.82, 2.24) is 13.7 Å². The molecule has 166 valence electrons. The summed E-state index contributed by atoms with van der Waals surface area (Å²) in [5, 5.41) is 0.499. The monoisotopic (exact) mass is 497 g/mol. The molecule has 1 unspecified atom stereocenters. The zero-order chi connectivity index (χ0) is 22.9. The number of halogens is 1. The number of ether oxygens (including phenoxy) is 1. The molecule has 0 amide bonds. The molecule has 0 spiro atoms. The summed E-state index contributed by atoms with van der Waals surface area (Å²) in [4.78, 5) is 26.4. The summed E-state index contributed by atoms with van der Waals surface area (Å²) in [7, 11) is 3.21. The number of hydrogen-bond acceptors (Lipinski definition) is 4. The van der Waals surface area contributed by atoms with Crippen molar-refractivity contribution in [3.05, 3.63) is 78.9 Å². The molecule has 0 aliphatic carbocycles. The Kier molecular flexibility index (Phi) is 4.65. The van der Waals surface area contributed by atoms with Gasteiger partial charge in [0.25, 0.3) is 5.56 Å². The highest BCUT2D eigenvalue weighted by molar-refractivity contribution is 9.10. The fourth-order valence-electron chi connectivity index (χ4n) is 4.69. The molecule has 0 bridgehead atoms. The molecule has 0 fully saturated rings. The standard InChI is InChI=1S/C24H24BrN3O4/c1-13-6-11-16(32-13)21-20-19-17(22(29)27(5)23(30)26(19)4)18(14-7-9-15(25)10-8-14)28(20)24(2,3)12-31-21/h6-11,21H,12H2,1-5H3. The summed E-state index contributed by atoms with van der Waals surface area (Å²) < 4.78 is 18.1. The molecule has 0 N–H and O–H groups in total. The highest BCUT2D eigenvalue weighted by Crippen LogP contribution is 2.45. The summed E-state index contributed by atoms with van der Waals surface area (Å²) in [6.45, 7) is 6.45. The minimum atomic E-state index is -0.541. The first kappa shape index (κ1) is 21.0. The Morgan fingerprint density at radius 2 is 1.72 bits per heavy atom. The Morgan fingerprint density at radius 3 is 2.34 bits per heavy atom. The van der Waals surface area contributed by atoms with Crippen LogP contribution in [0.2, 0.25) is 0 Å². The lowest BCUT2D eigenvalue weighted by Gasteiger charge is -2.38. The molecule has 1 atom stereocenters. The zero-order valence-corrected chi connectivity index (χ0v) is 20.2. The van der Waals surface area contributed by atoms with E-state index in [1.807, 2.05) is 43.3 Å². The fraction of sp³-hybridized carbons (Fsp3) is 0.333. The maximum absolute atomic E-state index is 13.5. The van der Waals surface area contributed by atoms with E-state index in [9.17, 15) is 9.59 Å². The molecule has 5 rings (SSSR count). The van der Waals surface area contributed by atoms with Crippen molar-refractivity contribution in [1.29, 1.82) is 0 Å². The zero-order valence-electron chi connectivity index (χ0n) is 18.6. The van der Waals surface area contributed by atoms with Crippen LogP contribution in [0, 0.1) is 6.92 Å². The molecule has 32 heavy (non-hydrogen) atoms. The number of rotatable bonds is 2. The topological polar surface area (TPSA) is 71.3 Å². The number of fused-ring (bicyclic) bond motifs is 3. The van der Waals surface area contributed by atoms with Crippen LogP contribution < -0.4 is 11.2 Å². The summed E-state index contributed by atoms with van der Waals surface area (Å²) in [5.74, 6) is 1.42. The number of aromatic nitrogens is 3. The second-order valence-corrected chi connectivity index (χ2v) is 9.87. The molecule has 8 heteroatoms. The predicted molar refractivity (Wildman–Crippen MR) is 126 cm³/mol. The third kappa shape index (κ3) is 2.89. The van der Waals surface area contributed by atoms with Gasteiger partial charge in [-0.15, -0.1) is 0 Å². The Labute approximate surface area is 193 Å². The van der Waals surface area contributed by atoms with Crippen molar-refractivity contribution in [2.45, 2.75) is 32.4 Å². The van der Waals surface area contributed by atoms with Crippen LogP contribution in [0.5, 0.6) is 0 Å². The second-order valence-electron chi connectivity index (χ2n) is 8.96. The van der Waals surface area contributed by atoms with Crippen LogP contribution >= 0.6 is 15.9 Å². The number of furan rings is 1. The second kappa shape index (κ2) is 7.08. The SMILES string of the molecule is Cc1ccc(C2OCC(C)(C)n3c(-c4ccc(Br)cc4)c4c(=O)n(C)c(=O)n(C)c4c32)o1. The molecule has 0 radical (unpaired) electrons. The normalized spacial score (nSPS) is 17.6. The molecule has 4 heterocycles. The van der Waals surface area contributed by atoms with Gasteiger partial charge in [-0.2, -0.15) is 0 Å². The number of nitrogens with zero attached hydrogens (tertiary/aromatic N) is 3.